The maximum absolute atomic E-state index is 4.63. The quantitative estimate of drug-likeness (QED) is 0.633. The molecule has 1 aromatic rings. The van der Waals surface area contributed by atoms with Gasteiger partial charge in [0.15, 0.2) is 5.96 Å². The van der Waals surface area contributed by atoms with Crippen LogP contribution in [0, 0.1) is 6.92 Å². The van der Waals surface area contributed by atoms with Crippen LogP contribution in [-0.4, -0.2) is 23.0 Å². The van der Waals surface area contributed by atoms with Gasteiger partial charge in [-0.15, -0.1) is 11.3 Å². The maximum Gasteiger partial charge on any atom is 0.192 e. The molecule has 3 rings (SSSR count). The molecule has 92 valence electrons. The van der Waals surface area contributed by atoms with Crippen LogP contribution in [0.1, 0.15) is 35.6 Å². The second-order valence-corrected chi connectivity index (χ2v) is 6.17. The van der Waals surface area contributed by atoms with E-state index in [1.54, 1.807) is 11.3 Å². The van der Waals surface area contributed by atoms with E-state index in [0.29, 0.717) is 12.1 Å². The van der Waals surface area contributed by atoms with Crippen LogP contribution in [0.25, 0.3) is 0 Å². The summed E-state index contributed by atoms with van der Waals surface area (Å²) in [6.45, 7) is 2.77. The minimum atomic E-state index is 0.656. The zero-order valence-electron chi connectivity index (χ0n) is 10.1. The summed E-state index contributed by atoms with van der Waals surface area (Å²) in [7, 11) is 0. The van der Waals surface area contributed by atoms with Crippen LogP contribution in [0.3, 0.4) is 0 Å². The molecule has 5 heteroatoms. The van der Waals surface area contributed by atoms with E-state index in [0.717, 1.165) is 17.5 Å². The fourth-order valence-electron chi connectivity index (χ4n) is 1.61. The SMILES string of the molecule is Cc1ncc(CN=C(NC2CC2)NC2CC2)s1. The molecule has 1 aromatic heterocycles. The minimum Gasteiger partial charge on any atom is -0.354 e. The predicted octanol–water partition coefficient (Wildman–Crippen LogP) is 1.81. The predicted molar refractivity (Wildman–Crippen MR) is 70.3 cm³/mol. The Morgan fingerprint density at radius 1 is 1.35 bits per heavy atom. The lowest BCUT2D eigenvalue weighted by Crippen LogP contribution is -2.39. The molecule has 0 aliphatic heterocycles. The summed E-state index contributed by atoms with van der Waals surface area (Å²) >= 11 is 1.72. The zero-order valence-corrected chi connectivity index (χ0v) is 10.9. The van der Waals surface area contributed by atoms with Crippen molar-refractivity contribution < 1.29 is 0 Å². The van der Waals surface area contributed by atoms with E-state index in [-0.39, 0.29) is 0 Å². The Bertz CT molecular complexity index is 402. The Balaban J connectivity index is 1.59. The fourth-order valence-corrected chi connectivity index (χ4v) is 2.33. The Kier molecular flexibility index (Phi) is 3.01. The van der Waals surface area contributed by atoms with Crippen molar-refractivity contribution in [1.82, 2.24) is 15.6 Å². The summed E-state index contributed by atoms with van der Waals surface area (Å²) < 4.78 is 0. The van der Waals surface area contributed by atoms with Gasteiger partial charge in [0, 0.05) is 23.2 Å². The molecule has 0 saturated heterocycles. The van der Waals surface area contributed by atoms with E-state index < -0.39 is 0 Å². The zero-order chi connectivity index (χ0) is 11.7. The van der Waals surface area contributed by atoms with Crippen LogP contribution in [0.2, 0.25) is 0 Å². The molecule has 2 aliphatic rings. The van der Waals surface area contributed by atoms with Gasteiger partial charge >= 0.3 is 0 Å². The normalized spacial score (nSPS) is 18.9. The molecule has 2 fully saturated rings. The van der Waals surface area contributed by atoms with Crippen molar-refractivity contribution in [2.24, 2.45) is 4.99 Å². The van der Waals surface area contributed by atoms with E-state index in [1.807, 2.05) is 13.1 Å². The molecule has 0 radical (unpaired) electrons. The van der Waals surface area contributed by atoms with Crippen molar-refractivity contribution in [3.63, 3.8) is 0 Å². The second kappa shape index (κ2) is 4.64. The molecule has 0 amide bonds. The topological polar surface area (TPSA) is 49.3 Å². The number of aliphatic imine (C=N–C) groups is 1. The van der Waals surface area contributed by atoms with Gasteiger partial charge in [-0.05, 0) is 32.6 Å². The molecule has 0 aromatic carbocycles. The van der Waals surface area contributed by atoms with E-state index in [9.17, 15) is 0 Å². The fraction of sp³-hybridized carbons (Fsp3) is 0.667. The number of aryl methyl sites for hydroxylation is 1. The van der Waals surface area contributed by atoms with Gasteiger partial charge < -0.3 is 10.6 Å². The largest absolute Gasteiger partial charge is 0.354 e. The van der Waals surface area contributed by atoms with Crippen molar-refractivity contribution in [2.45, 2.75) is 51.2 Å². The molecule has 2 saturated carbocycles. The average molecular weight is 250 g/mol. The molecule has 1 heterocycles. The van der Waals surface area contributed by atoms with Crippen LogP contribution in [0.5, 0.6) is 0 Å². The van der Waals surface area contributed by atoms with Crippen LogP contribution < -0.4 is 10.6 Å². The molecule has 0 atom stereocenters. The lowest BCUT2D eigenvalue weighted by molar-refractivity contribution is 0.791. The summed E-state index contributed by atoms with van der Waals surface area (Å²) in [4.78, 5) is 10.1. The van der Waals surface area contributed by atoms with Gasteiger partial charge in [-0.25, -0.2) is 9.98 Å². The van der Waals surface area contributed by atoms with Gasteiger partial charge in [-0.1, -0.05) is 0 Å². The molecular formula is C12H18N4S. The first-order valence-electron chi connectivity index (χ1n) is 6.28. The maximum atomic E-state index is 4.63. The van der Waals surface area contributed by atoms with Gasteiger partial charge in [0.25, 0.3) is 0 Å². The Labute approximate surface area is 106 Å². The minimum absolute atomic E-state index is 0.656. The van der Waals surface area contributed by atoms with Crippen molar-refractivity contribution in [3.8, 4) is 0 Å². The van der Waals surface area contributed by atoms with Crippen molar-refractivity contribution in [2.75, 3.05) is 0 Å². The first-order chi connectivity index (χ1) is 8.29. The van der Waals surface area contributed by atoms with Gasteiger partial charge in [0.05, 0.1) is 11.6 Å². The number of nitrogens with zero attached hydrogens (tertiary/aromatic N) is 2. The van der Waals surface area contributed by atoms with Gasteiger partial charge in [-0.2, -0.15) is 0 Å². The third kappa shape index (κ3) is 3.43. The van der Waals surface area contributed by atoms with Crippen molar-refractivity contribution in [3.05, 3.63) is 16.1 Å². The standard InChI is InChI=1S/C12H18N4S/c1-8-13-6-11(17-8)7-14-12(15-9-2-3-9)16-10-4-5-10/h6,9-10H,2-5,7H2,1H3,(H2,14,15,16). The Hall–Kier alpha value is -1.10. The molecular weight excluding hydrogens is 232 g/mol. The van der Waals surface area contributed by atoms with Crippen molar-refractivity contribution in [1.29, 1.82) is 0 Å². The molecule has 0 spiro atoms. The number of hydrogen-bond acceptors (Lipinski definition) is 3. The van der Waals surface area contributed by atoms with E-state index in [2.05, 4.69) is 20.6 Å². The summed E-state index contributed by atoms with van der Waals surface area (Å²) in [6.07, 6.45) is 7.06. The summed E-state index contributed by atoms with van der Waals surface area (Å²) in [5.41, 5.74) is 0. The number of hydrogen-bond donors (Lipinski definition) is 2. The second-order valence-electron chi connectivity index (χ2n) is 4.85. The van der Waals surface area contributed by atoms with Crippen molar-refractivity contribution >= 4 is 17.3 Å². The summed E-state index contributed by atoms with van der Waals surface area (Å²) in [5.74, 6) is 0.987. The average Bonchev–Trinajstić information content (AvgIpc) is 3.20. The highest BCUT2D eigenvalue weighted by molar-refractivity contribution is 7.11. The first kappa shape index (κ1) is 11.0. The molecule has 4 nitrogen and oxygen atoms in total. The molecule has 0 unspecified atom stereocenters. The number of aromatic nitrogens is 1. The molecule has 17 heavy (non-hydrogen) atoms. The van der Waals surface area contributed by atoms with E-state index in [1.165, 1.54) is 30.6 Å². The van der Waals surface area contributed by atoms with Crippen LogP contribution in [0.15, 0.2) is 11.2 Å². The highest BCUT2D eigenvalue weighted by Gasteiger charge is 2.26. The van der Waals surface area contributed by atoms with Crippen LogP contribution in [-0.2, 0) is 6.54 Å². The Morgan fingerprint density at radius 2 is 2.00 bits per heavy atom. The first-order valence-corrected chi connectivity index (χ1v) is 7.10. The smallest absolute Gasteiger partial charge is 0.192 e. The highest BCUT2D eigenvalue weighted by atomic mass is 32.1. The summed E-state index contributed by atoms with van der Waals surface area (Å²) in [6, 6.07) is 1.31. The lowest BCUT2D eigenvalue weighted by Gasteiger charge is -2.10. The third-order valence-corrected chi connectivity index (χ3v) is 3.80. The van der Waals surface area contributed by atoms with Crippen LogP contribution >= 0.6 is 11.3 Å². The third-order valence-electron chi connectivity index (χ3n) is 2.90. The highest BCUT2D eigenvalue weighted by Crippen LogP contribution is 2.21. The number of thiazole rings is 1. The monoisotopic (exact) mass is 250 g/mol. The van der Waals surface area contributed by atoms with Crippen LogP contribution in [0.4, 0.5) is 0 Å². The van der Waals surface area contributed by atoms with Gasteiger partial charge in [0.1, 0.15) is 0 Å². The molecule has 2 aliphatic carbocycles. The lowest BCUT2D eigenvalue weighted by atomic mass is 10.5. The molecule has 0 bridgehead atoms. The number of rotatable bonds is 4. The summed E-state index contributed by atoms with van der Waals surface area (Å²) in [5, 5.41) is 8.04. The Morgan fingerprint density at radius 3 is 2.47 bits per heavy atom. The number of nitrogens with one attached hydrogen (secondary N) is 2. The van der Waals surface area contributed by atoms with Gasteiger partial charge in [0.2, 0.25) is 0 Å². The molecule has 2 N–H and O–H groups in total. The number of guanidine groups is 1. The van der Waals surface area contributed by atoms with E-state index >= 15 is 0 Å². The van der Waals surface area contributed by atoms with Gasteiger partial charge in [-0.3, -0.25) is 0 Å². The van der Waals surface area contributed by atoms with E-state index in [4.69, 9.17) is 0 Å².